The minimum absolute atomic E-state index is 0.134. The monoisotopic (exact) mass is 539 g/mol. The fourth-order valence-electron chi connectivity index (χ4n) is 3.08. The van der Waals surface area contributed by atoms with E-state index < -0.39 is 46.2 Å². The van der Waals surface area contributed by atoms with E-state index in [1.54, 1.807) is 6.07 Å². The van der Waals surface area contributed by atoms with Gasteiger partial charge in [-0.15, -0.1) is 0 Å². The third-order valence-corrected chi connectivity index (χ3v) is 6.77. The maximum Gasteiger partial charge on any atom is 0.416 e. The summed E-state index contributed by atoms with van der Waals surface area (Å²) < 4.78 is 64.8. The number of alkyl halides is 3. The zero-order chi connectivity index (χ0) is 25.8. The van der Waals surface area contributed by atoms with Crippen molar-refractivity contribution in [3.05, 3.63) is 63.6 Å². The van der Waals surface area contributed by atoms with E-state index in [1.165, 1.54) is 26.1 Å². The topological polar surface area (TPSA) is 86.8 Å². The molecule has 0 aliphatic carbocycles. The molecular formula is C21H22Cl2F3N3O4S. The summed E-state index contributed by atoms with van der Waals surface area (Å²) in [5.74, 6) is -1.34. The number of likely N-dealkylation sites (N-methyl/N-ethyl adjacent to an activating group) is 1. The number of anilines is 1. The number of sulfonamides is 1. The molecule has 186 valence electrons. The Hall–Kier alpha value is -2.50. The molecule has 0 unspecified atom stereocenters. The normalized spacial score (nSPS) is 12.7. The van der Waals surface area contributed by atoms with Crippen LogP contribution in [-0.4, -0.2) is 51.0 Å². The summed E-state index contributed by atoms with van der Waals surface area (Å²) in [6, 6.07) is 7.15. The maximum atomic E-state index is 13.2. The highest BCUT2D eigenvalue weighted by molar-refractivity contribution is 7.92. The molecule has 0 fully saturated rings. The minimum atomic E-state index is -4.71. The van der Waals surface area contributed by atoms with Gasteiger partial charge in [0.15, 0.2) is 0 Å². The van der Waals surface area contributed by atoms with Crippen LogP contribution in [0.4, 0.5) is 18.9 Å². The van der Waals surface area contributed by atoms with Crippen molar-refractivity contribution in [2.24, 2.45) is 0 Å². The number of amides is 2. The van der Waals surface area contributed by atoms with Crippen LogP contribution >= 0.6 is 23.2 Å². The quantitative estimate of drug-likeness (QED) is 0.550. The first-order valence-electron chi connectivity index (χ1n) is 9.75. The number of halogens is 5. The van der Waals surface area contributed by atoms with Crippen molar-refractivity contribution in [3.8, 4) is 0 Å². The fraction of sp³-hybridized carbons (Fsp3) is 0.333. The Morgan fingerprint density at radius 1 is 1.09 bits per heavy atom. The van der Waals surface area contributed by atoms with Crippen LogP contribution in [0, 0.1) is 0 Å². The van der Waals surface area contributed by atoms with Gasteiger partial charge in [0.2, 0.25) is 21.8 Å². The highest BCUT2D eigenvalue weighted by atomic mass is 35.5. The van der Waals surface area contributed by atoms with Crippen LogP contribution in [-0.2, 0) is 32.3 Å². The molecule has 1 atom stereocenters. The Labute approximate surface area is 205 Å². The molecule has 0 aliphatic rings. The first-order chi connectivity index (χ1) is 15.6. The summed E-state index contributed by atoms with van der Waals surface area (Å²) in [7, 11) is -2.80. The second-order valence-electron chi connectivity index (χ2n) is 7.38. The predicted octanol–water partition coefficient (Wildman–Crippen LogP) is 3.94. The van der Waals surface area contributed by atoms with Crippen molar-refractivity contribution < 1.29 is 31.2 Å². The van der Waals surface area contributed by atoms with Crippen molar-refractivity contribution in [3.63, 3.8) is 0 Å². The lowest BCUT2D eigenvalue weighted by Gasteiger charge is -2.31. The van der Waals surface area contributed by atoms with Gasteiger partial charge in [-0.3, -0.25) is 13.9 Å². The average Bonchev–Trinajstić information content (AvgIpc) is 2.75. The molecule has 1 N–H and O–H groups in total. The van der Waals surface area contributed by atoms with Crippen LogP contribution in [0.15, 0.2) is 42.5 Å². The molecule has 0 spiro atoms. The molecule has 2 amide bonds. The molecule has 13 heteroatoms. The van der Waals surface area contributed by atoms with Crippen LogP contribution in [0.2, 0.25) is 10.0 Å². The van der Waals surface area contributed by atoms with Crippen molar-refractivity contribution in [2.75, 3.05) is 24.2 Å². The molecular weight excluding hydrogens is 518 g/mol. The lowest BCUT2D eigenvalue weighted by molar-refractivity contribution is -0.139. The van der Waals surface area contributed by atoms with Gasteiger partial charge < -0.3 is 10.2 Å². The summed E-state index contributed by atoms with van der Waals surface area (Å²) in [5.41, 5.74) is -0.909. The Morgan fingerprint density at radius 3 is 2.26 bits per heavy atom. The molecule has 7 nitrogen and oxygen atoms in total. The van der Waals surface area contributed by atoms with Crippen LogP contribution in [0.1, 0.15) is 18.1 Å². The molecule has 0 radical (unpaired) electrons. The Balaban J connectivity index is 2.45. The van der Waals surface area contributed by atoms with Gasteiger partial charge in [0.25, 0.3) is 0 Å². The summed E-state index contributed by atoms with van der Waals surface area (Å²) in [6.45, 7) is 0.469. The molecule has 2 aromatic carbocycles. The number of hydrogen-bond acceptors (Lipinski definition) is 4. The molecule has 0 bridgehead atoms. The maximum absolute atomic E-state index is 13.2. The average molecular weight is 540 g/mol. The van der Waals surface area contributed by atoms with Gasteiger partial charge in [-0.2, -0.15) is 13.2 Å². The van der Waals surface area contributed by atoms with E-state index in [0.29, 0.717) is 15.9 Å². The van der Waals surface area contributed by atoms with Crippen molar-refractivity contribution in [1.29, 1.82) is 0 Å². The number of rotatable bonds is 8. The van der Waals surface area contributed by atoms with Gasteiger partial charge >= 0.3 is 6.18 Å². The number of carbonyl (C=O) groups is 2. The van der Waals surface area contributed by atoms with Gasteiger partial charge in [-0.25, -0.2) is 8.42 Å². The van der Waals surface area contributed by atoms with Gasteiger partial charge in [-0.1, -0.05) is 35.3 Å². The lowest BCUT2D eigenvalue weighted by atomic mass is 10.1. The van der Waals surface area contributed by atoms with E-state index >= 15 is 0 Å². The Kier molecular flexibility index (Phi) is 8.84. The number of hydrogen-bond donors (Lipinski definition) is 1. The van der Waals surface area contributed by atoms with Crippen molar-refractivity contribution in [1.82, 2.24) is 10.2 Å². The van der Waals surface area contributed by atoms with Crippen LogP contribution in [0.25, 0.3) is 0 Å². The minimum Gasteiger partial charge on any atom is -0.357 e. The first kappa shape index (κ1) is 27.7. The Morgan fingerprint density at radius 2 is 1.74 bits per heavy atom. The zero-order valence-electron chi connectivity index (χ0n) is 18.4. The fourth-order valence-corrected chi connectivity index (χ4v) is 4.24. The lowest BCUT2D eigenvalue weighted by Crippen LogP contribution is -2.50. The summed E-state index contributed by atoms with van der Waals surface area (Å²) in [4.78, 5) is 26.6. The van der Waals surface area contributed by atoms with Gasteiger partial charge in [0, 0.05) is 13.6 Å². The smallest absolute Gasteiger partial charge is 0.357 e. The molecule has 2 aromatic rings. The summed E-state index contributed by atoms with van der Waals surface area (Å²) in [5, 5.41) is 2.89. The second kappa shape index (κ2) is 10.8. The van der Waals surface area contributed by atoms with Crippen LogP contribution in [0.3, 0.4) is 0 Å². The van der Waals surface area contributed by atoms with Crippen LogP contribution in [0.5, 0.6) is 0 Å². The molecule has 0 aliphatic heterocycles. The number of benzene rings is 2. The van der Waals surface area contributed by atoms with Gasteiger partial charge in [-0.05, 0) is 42.8 Å². The SMILES string of the molecule is CNC(=O)[C@H](C)N(Cc1ccc(Cl)c(Cl)c1)C(=O)CN(c1cccc(C(F)(F)F)c1)S(C)(=O)=O. The number of carbonyl (C=O) groups excluding carboxylic acids is 2. The van der Waals surface area contributed by atoms with E-state index in [4.69, 9.17) is 23.2 Å². The van der Waals surface area contributed by atoms with Gasteiger partial charge in [0.1, 0.15) is 12.6 Å². The highest BCUT2D eigenvalue weighted by Gasteiger charge is 2.33. The van der Waals surface area contributed by atoms with Crippen molar-refractivity contribution in [2.45, 2.75) is 25.7 Å². The number of nitrogens with one attached hydrogen (secondary N) is 1. The molecule has 0 saturated heterocycles. The predicted molar refractivity (Wildman–Crippen MR) is 124 cm³/mol. The molecule has 0 heterocycles. The second-order valence-corrected chi connectivity index (χ2v) is 10.1. The molecule has 0 aromatic heterocycles. The van der Waals surface area contributed by atoms with E-state index in [-0.39, 0.29) is 22.3 Å². The summed E-state index contributed by atoms with van der Waals surface area (Å²) >= 11 is 11.9. The first-order valence-corrected chi connectivity index (χ1v) is 12.4. The summed E-state index contributed by atoms with van der Waals surface area (Å²) in [6.07, 6.45) is -3.94. The highest BCUT2D eigenvalue weighted by Crippen LogP contribution is 2.32. The standard InChI is InChI=1S/C21H22Cl2F3N3O4S/c1-13(20(31)27-2)28(11-14-7-8-17(22)18(23)9-14)19(30)12-29(34(3,32)33)16-6-4-5-15(10-16)21(24,25)26/h4-10,13H,11-12H2,1-3H3,(H,27,31)/t13-/m0/s1. The van der Waals surface area contributed by atoms with E-state index in [0.717, 1.165) is 29.4 Å². The largest absolute Gasteiger partial charge is 0.416 e. The molecule has 34 heavy (non-hydrogen) atoms. The Bertz CT molecular complexity index is 1180. The third-order valence-electron chi connectivity index (χ3n) is 4.89. The number of nitrogens with zero attached hydrogens (tertiary/aromatic N) is 2. The third kappa shape index (κ3) is 7.00. The molecule has 2 rings (SSSR count). The van der Waals surface area contributed by atoms with E-state index in [2.05, 4.69) is 5.32 Å². The van der Waals surface area contributed by atoms with E-state index in [1.807, 2.05) is 0 Å². The zero-order valence-corrected chi connectivity index (χ0v) is 20.7. The molecule has 0 saturated carbocycles. The van der Waals surface area contributed by atoms with Gasteiger partial charge in [0.05, 0.1) is 27.6 Å². The van der Waals surface area contributed by atoms with Crippen LogP contribution < -0.4 is 9.62 Å². The van der Waals surface area contributed by atoms with Crippen molar-refractivity contribution >= 4 is 50.7 Å². The van der Waals surface area contributed by atoms with E-state index in [9.17, 15) is 31.2 Å².